The topological polar surface area (TPSA) is 97.0 Å². The Balaban J connectivity index is 1.43. The van der Waals surface area contributed by atoms with Crippen LogP contribution in [0, 0.1) is 0 Å². The molecular weight excluding hydrogens is 408 g/mol. The van der Waals surface area contributed by atoms with E-state index in [-0.39, 0.29) is 23.5 Å². The molecule has 1 atom stereocenters. The van der Waals surface area contributed by atoms with Crippen LogP contribution in [0.1, 0.15) is 18.0 Å². The van der Waals surface area contributed by atoms with Crippen molar-refractivity contribution in [2.75, 3.05) is 12.8 Å². The molecule has 1 N–H and O–H groups in total. The number of tetrazole rings is 1. The monoisotopic (exact) mass is 426 g/mol. The first-order valence-corrected chi connectivity index (χ1v) is 10.6. The number of rotatable bonds is 6. The summed E-state index contributed by atoms with van der Waals surface area (Å²) >= 11 is 2.86. The molecule has 4 rings (SSSR count). The van der Waals surface area contributed by atoms with Crippen molar-refractivity contribution in [3.8, 4) is 11.4 Å². The van der Waals surface area contributed by atoms with E-state index in [1.165, 1.54) is 16.4 Å². The van der Waals surface area contributed by atoms with E-state index in [1.54, 1.807) is 47.5 Å². The van der Waals surface area contributed by atoms with Gasteiger partial charge in [-0.25, -0.2) is 4.98 Å². The third kappa shape index (κ3) is 4.08. The Morgan fingerprint density at radius 3 is 2.76 bits per heavy atom. The number of fused-ring (bicyclic) bond motifs is 1. The lowest BCUT2D eigenvalue weighted by molar-refractivity contribution is -0.128. The van der Waals surface area contributed by atoms with Crippen molar-refractivity contribution in [2.45, 2.75) is 18.1 Å². The highest BCUT2D eigenvalue weighted by Gasteiger charge is 2.22. The molecule has 0 bridgehead atoms. The van der Waals surface area contributed by atoms with Gasteiger partial charge in [-0.1, -0.05) is 23.9 Å². The highest BCUT2D eigenvalue weighted by atomic mass is 32.2. The summed E-state index contributed by atoms with van der Waals surface area (Å²) in [7, 11) is 1.78. The van der Waals surface area contributed by atoms with Crippen LogP contribution >= 0.6 is 23.1 Å². The Morgan fingerprint density at radius 1 is 1.24 bits per heavy atom. The van der Waals surface area contributed by atoms with Gasteiger partial charge in [0.2, 0.25) is 11.1 Å². The highest BCUT2D eigenvalue weighted by molar-refractivity contribution is 7.99. The van der Waals surface area contributed by atoms with Crippen LogP contribution in [0.4, 0.5) is 0 Å². The maximum absolute atomic E-state index is 12.7. The molecule has 2 aromatic carbocycles. The van der Waals surface area contributed by atoms with E-state index in [1.807, 2.05) is 31.2 Å². The molecule has 10 heteroatoms. The minimum Gasteiger partial charge on any atom is -0.508 e. The van der Waals surface area contributed by atoms with Gasteiger partial charge >= 0.3 is 0 Å². The minimum absolute atomic E-state index is 0.0398. The first-order valence-electron chi connectivity index (χ1n) is 8.84. The molecule has 0 aliphatic heterocycles. The molecule has 4 aromatic rings. The van der Waals surface area contributed by atoms with Gasteiger partial charge in [-0.15, -0.1) is 16.4 Å². The van der Waals surface area contributed by atoms with Gasteiger partial charge in [-0.3, -0.25) is 4.79 Å². The summed E-state index contributed by atoms with van der Waals surface area (Å²) in [5.74, 6) is 0.322. The molecule has 0 aliphatic carbocycles. The maximum atomic E-state index is 12.7. The summed E-state index contributed by atoms with van der Waals surface area (Å²) in [4.78, 5) is 19.1. The van der Waals surface area contributed by atoms with E-state index in [4.69, 9.17) is 0 Å². The summed E-state index contributed by atoms with van der Waals surface area (Å²) in [6.45, 7) is 1.97. The normalized spacial score (nSPS) is 12.2. The van der Waals surface area contributed by atoms with Crippen LogP contribution in [0.2, 0.25) is 0 Å². The fraction of sp³-hybridized carbons (Fsp3) is 0.211. The number of para-hydroxylation sites is 1. The number of hydrogen-bond acceptors (Lipinski definition) is 8. The molecule has 0 aliphatic rings. The second-order valence-corrected chi connectivity index (χ2v) is 8.38. The van der Waals surface area contributed by atoms with Gasteiger partial charge in [0.15, 0.2) is 0 Å². The van der Waals surface area contributed by atoms with Crippen molar-refractivity contribution in [1.82, 2.24) is 30.1 Å². The Labute approximate surface area is 175 Å². The number of thiazole rings is 1. The van der Waals surface area contributed by atoms with Crippen LogP contribution < -0.4 is 0 Å². The fourth-order valence-corrected chi connectivity index (χ4v) is 4.58. The number of aromatic hydroxyl groups is 1. The summed E-state index contributed by atoms with van der Waals surface area (Å²) in [6, 6.07) is 14.4. The molecule has 148 valence electrons. The lowest BCUT2D eigenvalue weighted by atomic mass is 10.3. The predicted octanol–water partition coefficient (Wildman–Crippen LogP) is 3.29. The summed E-state index contributed by atoms with van der Waals surface area (Å²) in [5.41, 5.74) is 1.65. The molecule has 0 radical (unpaired) electrons. The molecule has 0 saturated heterocycles. The van der Waals surface area contributed by atoms with Crippen LogP contribution in [-0.4, -0.2) is 53.9 Å². The molecule has 0 unspecified atom stereocenters. The summed E-state index contributed by atoms with van der Waals surface area (Å²) in [5, 5.41) is 22.5. The number of hydrogen-bond donors (Lipinski definition) is 1. The van der Waals surface area contributed by atoms with E-state index in [0.717, 1.165) is 15.2 Å². The van der Waals surface area contributed by atoms with E-state index < -0.39 is 0 Å². The number of aromatic nitrogens is 5. The van der Waals surface area contributed by atoms with Crippen LogP contribution in [0.25, 0.3) is 15.9 Å². The quantitative estimate of drug-likeness (QED) is 0.473. The van der Waals surface area contributed by atoms with Crippen LogP contribution in [0.5, 0.6) is 5.75 Å². The van der Waals surface area contributed by atoms with Gasteiger partial charge in [0.05, 0.1) is 27.7 Å². The van der Waals surface area contributed by atoms with Crippen LogP contribution in [0.15, 0.2) is 53.7 Å². The summed E-state index contributed by atoms with van der Waals surface area (Å²) in [6.07, 6.45) is 0. The number of phenols is 1. The number of thioether (sulfide) groups is 1. The molecule has 29 heavy (non-hydrogen) atoms. The van der Waals surface area contributed by atoms with Gasteiger partial charge < -0.3 is 10.0 Å². The second-order valence-electron chi connectivity index (χ2n) is 6.38. The van der Waals surface area contributed by atoms with E-state index in [0.29, 0.717) is 10.8 Å². The van der Waals surface area contributed by atoms with E-state index >= 15 is 0 Å². The molecule has 0 spiro atoms. The first-order chi connectivity index (χ1) is 14.0. The number of amides is 1. The Hall–Kier alpha value is -2.98. The molecule has 8 nitrogen and oxygen atoms in total. The Morgan fingerprint density at radius 2 is 2.00 bits per heavy atom. The third-order valence-corrected chi connectivity index (χ3v) is 6.61. The predicted molar refractivity (Wildman–Crippen MR) is 112 cm³/mol. The van der Waals surface area contributed by atoms with Gasteiger partial charge in [0.1, 0.15) is 10.8 Å². The number of carbonyl (C=O) groups is 1. The SMILES string of the molecule is C[C@H](c1nc2ccccc2s1)N(C)C(=O)CSc1nnnn1-c1ccc(O)cc1. The lowest BCUT2D eigenvalue weighted by Crippen LogP contribution is -2.31. The molecule has 0 saturated carbocycles. The minimum atomic E-state index is -0.131. The molecular formula is C19H18N6O2S2. The number of carbonyl (C=O) groups excluding carboxylic acids is 1. The number of phenolic OH excluding ortho intramolecular Hbond substituents is 1. The summed E-state index contributed by atoms with van der Waals surface area (Å²) < 4.78 is 2.65. The number of nitrogens with zero attached hydrogens (tertiary/aromatic N) is 6. The molecule has 2 aromatic heterocycles. The van der Waals surface area contributed by atoms with Crippen molar-refractivity contribution in [3.05, 3.63) is 53.5 Å². The van der Waals surface area contributed by atoms with Gasteiger partial charge in [-0.05, 0) is 53.7 Å². The molecule has 0 fully saturated rings. The van der Waals surface area contributed by atoms with E-state index in [2.05, 4.69) is 20.5 Å². The molecule has 2 heterocycles. The second kappa shape index (κ2) is 8.18. The van der Waals surface area contributed by atoms with Gasteiger partial charge in [0, 0.05) is 7.05 Å². The van der Waals surface area contributed by atoms with Crippen molar-refractivity contribution >= 4 is 39.2 Å². The average molecular weight is 427 g/mol. The fourth-order valence-electron chi connectivity index (χ4n) is 2.70. The smallest absolute Gasteiger partial charge is 0.233 e. The third-order valence-electron chi connectivity index (χ3n) is 4.50. The van der Waals surface area contributed by atoms with Gasteiger partial charge in [-0.2, -0.15) is 4.68 Å². The van der Waals surface area contributed by atoms with Crippen LogP contribution in [-0.2, 0) is 4.79 Å². The van der Waals surface area contributed by atoms with Crippen molar-refractivity contribution in [2.24, 2.45) is 0 Å². The van der Waals surface area contributed by atoms with Crippen molar-refractivity contribution in [1.29, 1.82) is 0 Å². The zero-order valence-electron chi connectivity index (χ0n) is 15.8. The first kappa shape index (κ1) is 19.3. The number of benzene rings is 2. The van der Waals surface area contributed by atoms with Crippen molar-refractivity contribution in [3.63, 3.8) is 0 Å². The largest absolute Gasteiger partial charge is 0.508 e. The average Bonchev–Trinajstić information content (AvgIpc) is 3.38. The van der Waals surface area contributed by atoms with E-state index in [9.17, 15) is 9.90 Å². The standard InChI is InChI=1S/C19H18N6O2S2/c1-12(18-20-15-5-3-4-6-16(15)29-18)24(2)17(27)11-28-19-21-22-23-25(19)13-7-9-14(26)10-8-13/h3-10,12,26H,11H2,1-2H3/t12-/m1/s1. The lowest BCUT2D eigenvalue weighted by Gasteiger charge is -2.23. The van der Waals surface area contributed by atoms with Crippen LogP contribution in [0.3, 0.4) is 0 Å². The Bertz CT molecular complexity index is 1110. The van der Waals surface area contributed by atoms with Gasteiger partial charge in [0.25, 0.3) is 0 Å². The van der Waals surface area contributed by atoms with Crippen molar-refractivity contribution < 1.29 is 9.90 Å². The maximum Gasteiger partial charge on any atom is 0.233 e. The molecule has 1 amide bonds. The highest BCUT2D eigenvalue weighted by Crippen LogP contribution is 2.29. The zero-order chi connectivity index (χ0) is 20.4. The Kier molecular flexibility index (Phi) is 5.45. The zero-order valence-corrected chi connectivity index (χ0v) is 17.4.